The van der Waals surface area contributed by atoms with Gasteiger partial charge in [-0.15, -0.1) is 6.58 Å². The summed E-state index contributed by atoms with van der Waals surface area (Å²) in [6, 6.07) is -1.62. The summed E-state index contributed by atoms with van der Waals surface area (Å²) < 4.78 is 93.9. The Morgan fingerprint density at radius 2 is 1.61 bits per heavy atom. The van der Waals surface area contributed by atoms with Crippen molar-refractivity contribution in [1.29, 1.82) is 0 Å². The van der Waals surface area contributed by atoms with E-state index in [4.69, 9.17) is 23.5 Å². The molecule has 21 heteroatoms. The van der Waals surface area contributed by atoms with E-state index >= 15 is 0 Å². The van der Waals surface area contributed by atoms with Crippen LogP contribution in [0.3, 0.4) is 0 Å². The minimum absolute atomic E-state index is 0.280. The van der Waals surface area contributed by atoms with Gasteiger partial charge in [0, 0.05) is 6.92 Å². The number of hydrogen-bond acceptors (Lipinski definition) is 15. The average molecular weight is 598 g/mol. The van der Waals surface area contributed by atoms with E-state index in [-0.39, 0.29) is 6.61 Å². The molecule has 0 bridgehead atoms. The van der Waals surface area contributed by atoms with Gasteiger partial charge in [-0.3, -0.25) is 13.9 Å². The lowest BCUT2D eigenvalue weighted by Gasteiger charge is -2.47. The van der Waals surface area contributed by atoms with Crippen molar-refractivity contribution in [3.05, 3.63) is 12.7 Å². The molecule has 7 N–H and O–H groups in total. The summed E-state index contributed by atoms with van der Waals surface area (Å²) >= 11 is 0. The lowest BCUT2D eigenvalue weighted by atomic mass is 9.95. The average Bonchev–Trinajstić information content (AvgIpc) is 2.77. The Balaban J connectivity index is 2.57. The van der Waals surface area contributed by atoms with Gasteiger partial charge in [0.1, 0.15) is 42.7 Å². The van der Waals surface area contributed by atoms with Crippen LogP contribution in [0, 0.1) is 0 Å². The number of aliphatic carboxylic acids is 1. The van der Waals surface area contributed by atoms with Crippen LogP contribution < -0.4 is 5.32 Å². The second kappa shape index (κ2) is 13.0. The highest BCUT2D eigenvalue weighted by Gasteiger charge is 2.54. The minimum atomic E-state index is -5.41. The van der Waals surface area contributed by atoms with Crippen molar-refractivity contribution < 1.29 is 83.3 Å². The molecule has 19 nitrogen and oxygen atoms in total. The topological polar surface area (TPSA) is 291 Å². The lowest BCUT2D eigenvalue weighted by Crippen LogP contribution is -2.69. The van der Waals surface area contributed by atoms with Crippen LogP contribution in [0.15, 0.2) is 12.7 Å². The van der Waals surface area contributed by atoms with Crippen LogP contribution in [0.2, 0.25) is 0 Å². The smallest absolute Gasteiger partial charge is 0.397 e. The summed E-state index contributed by atoms with van der Waals surface area (Å²) in [6.45, 7) is 2.94. The summed E-state index contributed by atoms with van der Waals surface area (Å²) in [4.78, 5) is 23.4. The molecule has 0 saturated carbocycles. The highest BCUT2D eigenvalue weighted by molar-refractivity contribution is 7.81. The van der Waals surface area contributed by atoms with E-state index in [1.165, 1.54) is 6.08 Å². The van der Waals surface area contributed by atoms with Crippen molar-refractivity contribution in [3.8, 4) is 0 Å². The first-order valence-corrected chi connectivity index (χ1v) is 13.2. The van der Waals surface area contributed by atoms with Crippen molar-refractivity contribution in [2.45, 2.75) is 68.3 Å². The van der Waals surface area contributed by atoms with Crippen LogP contribution in [-0.2, 0) is 57.7 Å². The molecule has 2 rings (SSSR count). The number of hydrogen-bond donors (Lipinski definition) is 7. The van der Waals surface area contributed by atoms with E-state index in [0.717, 1.165) is 6.92 Å². The number of carboxylic acids is 1. The van der Waals surface area contributed by atoms with Crippen molar-refractivity contribution in [3.63, 3.8) is 0 Å². The number of carboxylic acid groups (broad SMARTS) is 1. The number of ether oxygens (including phenoxy) is 4. The zero-order chi connectivity index (χ0) is 29.0. The molecule has 2 aliphatic rings. The molecular weight excluding hydrogens is 570 g/mol. The molecule has 0 unspecified atom stereocenters. The number of carbonyl (C=O) groups excluding carboxylic acids is 1. The Kier molecular flexibility index (Phi) is 11.1. The molecule has 0 aromatic heterocycles. The number of nitrogens with one attached hydrogen (secondary N) is 1. The summed E-state index contributed by atoms with van der Waals surface area (Å²) in [5.74, 6) is -2.60. The normalized spacial score (nSPS) is 36.4. The van der Waals surface area contributed by atoms with Crippen LogP contribution in [0.1, 0.15) is 6.92 Å². The first-order valence-electron chi connectivity index (χ1n) is 10.5. The molecule has 0 radical (unpaired) electrons. The van der Waals surface area contributed by atoms with E-state index in [9.17, 15) is 51.4 Å². The highest BCUT2D eigenvalue weighted by Crippen LogP contribution is 2.32. The molecule has 2 aliphatic heterocycles. The Morgan fingerprint density at radius 1 is 0.974 bits per heavy atom. The lowest BCUT2D eigenvalue weighted by molar-refractivity contribution is -0.337. The first-order chi connectivity index (χ1) is 17.4. The number of aliphatic hydroxyl groups excluding tert-OH is 3. The van der Waals surface area contributed by atoms with Crippen LogP contribution >= 0.6 is 0 Å². The van der Waals surface area contributed by atoms with E-state index in [1.54, 1.807) is 0 Å². The summed E-state index contributed by atoms with van der Waals surface area (Å²) in [5.41, 5.74) is 0. The van der Waals surface area contributed by atoms with Gasteiger partial charge in [0.2, 0.25) is 5.91 Å². The van der Waals surface area contributed by atoms with Gasteiger partial charge >= 0.3 is 26.8 Å². The van der Waals surface area contributed by atoms with Crippen molar-refractivity contribution >= 4 is 32.7 Å². The molecule has 0 aromatic rings. The third-order valence-electron chi connectivity index (χ3n) is 5.11. The largest absolute Gasteiger partial charge is 0.479 e. The van der Waals surface area contributed by atoms with E-state index < -0.39 is 101 Å². The number of aliphatic hydroxyl groups is 3. The Bertz CT molecular complexity index is 1060. The minimum Gasteiger partial charge on any atom is -0.479 e. The number of rotatable bonds is 12. The fraction of sp³-hybridized carbons (Fsp3) is 0.765. The molecule has 2 saturated heterocycles. The second-order valence-corrected chi connectivity index (χ2v) is 10.1. The SMILES string of the molecule is C=CCO[C@@H]1O[C@H](COS(=O)(=O)O)[C@H](OS(=O)(=O)O)[C@H](O[C@@H]2O[C@H](C(=O)O)[C@@H](O)[C@H](O)[C@H]2O)[C@H]1NC(C)=O. The van der Waals surface area contributed by atoms with Crippen molar-refractivity contribution in [2.75, 3.05) is 13.2 Å². The molecule has 10 atom stereocenters. The first kappa shape index (κ1) is 32.4. The predicted octanol–water partition coefficient (Wildman–Crippen LogP) is -4.30. The third kappa shape index (κ3) is 8.84. The molecule has 38 heavy (non-hydrogen) atoms. The van der Waals surface area contributed by atoms with Gasteiger partial charge in [-0.1, -0.05) is 6.08 Å². The quantitative estimate of drug-likeness (QED) is 0.0826. The van der Waals surface area contributed by atoms with Gasteiger partial charge < -0.3 is 44.7 Å². The maximum absolute atomic E-state index is 11.9. The molecular formula is C17H27NO18S2. The molecule has 0 aromatic carbocycles. The Hall–Kier alpha value is -1.86. The van der Waals surface area contributed by atoms with Crippen LogP contribution in [0.25, 0.3) is 0 Å². The zero-order valence-corrected chi connectivity index (χ0v) is 21.0. The predicted molar refractivity (Wildman–Crippen MR) is 116 cm³/mol. The maximum atomic E-state index is 11.9. The van der Waals surface area contributed by atoms with E-state index in [2.05, 4.69) is 20.3 Å². The molecule has 0 aliphatic carbocycles. The maximum Gasteiger partial charge on any atom is 0.397 e. The molecule has 0 spiro atoms. The number of carbonyl (C=O) groups is 2. The van der Waals surface area contributed by atoms with Gasteiger partial charge in [-0.25, -0.2) is 13.2 Å². The zero-order valence-electron chi connectivity index (χ0n) is 19.4. The standard InChI is InChI=1S/C17H27NO18S2/c1-3-4-31-16-8(18-6(2)19)13(34-17-11(22)9(20)10(21)14(35-17)15(23)24)12(36-38(28,29)30)7(33-16)5-32-37(25,26)27/h3,7-14,16-17,20-22H,1,4-5H2,2H3,(H,18,19)(H,23,24)(H,25,26,27)(H,28,29,30)/t7-,8-,9+,10+,11-,12+,13-,14+,16-,17-/m1/s1. The van der Waals surface area contributed by atoms with Gasteiger partial charge in [0.25, 0.3) is 0 Å². The number of amides is 1. The molecule has 220 valence electrons. The van der Waals surface area contributed by atoms with E-state index in [0.29, 0.717) is 0 Å². The summed E-state index contributed by atoms with van der Waals surface area (Å²) in [5, 5.41) is 41.9. The summed E-state index contributed by atoms with van der Waals surface area (Å²) in [6.07, 6.45) is -17.3. The van der Waals surface area contributed by atoms with Gasteiger partial charge in [0.15, 0.2) is 18.7 Å². The molecule has 2 fully saturated rings. The third-order valence-corrected chi connectivity index (χ3v) is 6.01. The fourth-order valence-electron chi connectivity index (χ4n) is 3.62. The second-order valence-electron chi connectivity index (χ2n) is 7.93. The van der Waals surface area contributed by atoms with Crippen LogP contribution in [0.5, 0.6) is 0 Å². The van der Waals surface area contributed by atoms with Crippen molar-refractivity contribution in [1.82, 2.24) is 5.32 Å². The summed E-state index contributed by atoms with van der Waals surface area (Å²) in [7, 11) is -10.6. The molecule has 1 amide bonds. The van der Waals surface area contributed by atoms with Gasteiger partial charge in [-0.05, 0) is 0 Å². The Morgan fingerprint density at radius 3 is 2.11 bits per heavy atom. The van der Waals surface area contributed by atoms with Crippen molar-refractivity contribution in [2.24, 2.45) is 0 Å². The highest BCUT2D eigenvalue weighted by atomic mass is 32.3. The molecule has 2 heterocycles. The fourth-order valence-corrected chi connectivity index (χ4v) is 4.44. The van der Waals surface area contributed by atoms with Crippen LogP contribution in [-0.4, -0.2) is 133 Å². The monoisotopic (exact) mass is 597 g/mol. The van der Waals surface area contributed by atoms with E-state index in [1.807, 2.05) is 0 Å². The Labute approximate surface area is 215 Å². The van der Waals surface area contributed by atoms with Crippen LogP contribution in [0.4, 0.5) is 0 Å². The van der Waals surface area contributed by atoms with Gasteiger partial charge in [-0.2, -0.15) is 16.8 Å². The van der Waals surface area contributed by atoms with Gasteiger partial charge in [0.05, 0.1) is 13.2 Å².